The van der Waals surface area contributed by atoms with Crippen molar-refractivity contribution in [2.75, 3.05) is 5.32 Å². The number of halogens is 1. The van der Waals surface area contributed by atoms with Crippen molar-refractivity contribution >= 4 is 23.2 Å². The molecule has 25 heavy (non-hydrogen) atoms. The summed E-state index contributed by atoms with van der Waals surface area (Å²) in [5.74, 6) is 1.00. The smallest absolute Gasteiger partial charge is 0.250 e. The topological polar surface area (TPSA) is 64.4 Å². The normalized spacial score (nSPS) is 10.3. The number of anilines is 1. The van der Waals surface area contributed by atoms with E-state index in [1.54, 1.807) is 18.2 Å². The highest BCUT2D eigenvalue weighted by atomic mass is 35.5. The first kappa shape index (κ1) is 16.9. The van der Waals surface area contributed by atoms with Gasteiger partial charge in [0.05, 0.1) is 5.56 Å². The maximum absolute atomic E-state index is 11.5. The molecule has 0 aliphatic carbocycles. The highest BCUT2D eigenvalue weighted by molar-refractivity contribution is 6.31. The molecule has 0 radical (unpaired) electrons. The van der Waals surface area contributed by atoms with Gasteiger partial charge in [0.2, 0.25) is 0 Å². The molecule has 5 heteroatoms. The van der Waals surface area contributed by atoms with Crippen LogP contribution in [0, 0.1) is 0 Å². The Morgan fingerprint density at radius 1 is 0.960 bits per heavy atom. The van der Waals surface area contributed by atoms with E-state index >= 15 is 0 Å². The third kappa shape index (κ3) is 4.52. The lowest BCUT2D eigenvalue weighted by Crippen LogP contribution is -2.14. The van der Waals surface area contributed by atoms with Crippen molar-refractivity contribution in [3.63, 3.8) is 0 Å². The van der Waals surface area contributed by atoms with Crippen LogP contribution in [0.2, 0.25) is 5.02 Å². The number of ether oxygens (including phenoxy) is 1. The molecule has 3 aromatic rings. The van der Waals surface area contributed by atoms with Gasteiger partial charge in [-0.15, -0.1) is 0 Å². The Morgan fingerprint density at radius 2 is 1.72 bits per heavy atom. The van der Waals surface area contributed by atoms with Gasteiger partial charge in [0, 0.05) is 17.3 Å². The molecule has 1 amide bonds. The highest BCUT2D eigenvalue weighted by Gasteiger charge is 2.09. The van der Waals surface area contributed by atoms with Crippen molar-refractivity contribution in [2.24, 2.45) is 5.73 Å². The number of primary amides is 1. The summed E-state index contributed by atoms with van der Waals surface area (Å²) in [6.45, 7) is 0.522. The number of nitrogens with one attached hydrogen (secondary N) is 1. The molecule has 3 N–H and O–H groups in total. The molecule has 0 unspecified atom stereocenters. The van der Waals surface area contributed by atoms with Crippen LogP contribution < -0.4 is 15.8 Å². The van der Waals surface area contributed by atoms with Crippen molar-refractivity contribution in [3.05, 3.63) is 88.9 Å². The number of carbonyl (C=O) groups excluding carboxylic acids is 1. The minimum Gasteiger partial charge on any atom is -0.457 e. The number of para-hydroxylation sites is 1. The van der Waals surface area contributed by atoms with Gasteiger partial charge in [0.15, 0.2) is 0 Å². The fourth-order valence-electron chi connectivity index (χ4n) is 2.42. The average molecular weight is 353 g/mol. The number of benzene rings is 3. The molecule has 0 spiro atoms. The van der Waals surface area contributed by atoms with Crippen molar-refractivity contribution in [1.82, 2.24) is 0 Å². The second-order valence-corrected chi connectivity index (χ2v) is 5.91. The first-order valence-corrected chi connectivity index (χ1v) is 8.15. The van der Waals surface area contributed by atoms with E-state index in [0.717, 1.165) is 17.1 Å². The molecular formula is C20H17ClN2O2. The fraction of sp³-hybridized carbons (Fsp3) is 0.0500. The first-order chi connectivity index (χ1) is 12.1. The number of hydrogen-bond donors (Lipinski definition) is 2. The highest BCUT2D eigenvalue weighted by Crippen LogP contribution is 2.24. The largest absolute Gasteiger partial charge is 0.457 e. The Labute approximate surface area is 151 Å². The monoisotopic (exact) mass is 352 g/mol. The molecule has 0 bridgehead atoms. The Balaban J connectivity index is 1.72. The van der Waals surface area contributed by atoms with E-state index in [-0.39, 0.29) is 0 Å². The molecule has 0 saturated carbocycles. The predicted molar refractivity (Wildman–Crippen MR) is 100 cm³/mol. The average Bonchev–Trinajstić information content (AvgIpc) is 2.62. The number of hydrogen-bond acceptors (Lipinski definition) is 3. The Hall–Kier alpha value is -2.98. The zero-order chi connectivity index (χ0) is 17.6. The van der Waals surface area contributed by atoms with Gasteiger partial charge in [-0.3, -0.25) is 4.79 Å². The van der Waals surface area contributed by atoms with Crippen LogP contribution in [0.1, 0.15) is 15.9 Å². The van der Waals surface area contributed by atoms with Gasteiger partial charge in [-0.1, -0.05) is 41.9 Å². The van der Waals surface area contributed by atoms with Crippen LogP contribution in [0.25, 0.3) is 0 Å². The second-order valence-electron chi connectivity index (χ2n) is 5.47. The van der Waals surface area contributed by atoms with E-state index in [1.807, 2.05) is 54.6 Å². The molecule has 3 aromatic carbocycles. The van der Waals surface area contributed by atoms with E-state index < -0.39 is 5.91 Å². The van der Waals surface area contributed by atoms with Crippen molar-refractivity contribution in [2.45, 2.75) is 6.54 Å². The third-order valence-corrected chi connectivity index (χ3v) is 3.84. The lowest BCUT2D eigenvalue weighted by atomic mass is 10.1. The summed E-state index contributed by atoms with van der Waals surface area (Å²) in [5.41, 5.74) is 7.43. The quantitative estimate of drug-likeness (QED) is 0.667. The molecule has 126 valence electrons. The summed E-state index contributed by atoms with van der Waals surface area (Å²) in [6, 6.07) is 22.3. The van der Waals surface area contributed by atoms with Gasteiger partial charge >= 0.3 is 0 Å². The number of amides is 1. The Kier molecular flexibility index (Phi) is 5.21. The third-order valence-electron chi connectivity index (χ3n) is 3.61. The summed E-state index contributed by atoms with van der Waals surface area (Å²) in [7, 11) is 0. The zero-order valence-electron chi connectivity index (χ0n) is 13.4. The molecule has 0 aliphatic heterocycles. The van der Waals surface area contributed by atoms with E-state index in [1.165, 1.54) is 0 Å². The summed E-state index contributed by atoms with van der Waals surface area (Å²) in [4.78, 5) is 11.5. The van der Waals surface area contributed by atoms with Crippen LogP contribution in [0.4, 0.5) is 5.69 Å². The van der Waals surface area contributed by atoms with Crippen molar-refractivity contribution in [3.8, 4) is 11.5 Å². The molecular weight excluding hydrogens is 336 g/mol. The summed E-state index contributed by atoms with van der Waals surface area (Å²) in [6.07, 6.45) is 0. The lowest BCUT2D eigenvalue weighted by molar-refractivity contribution is 0.100. The molecule has 3 rings (SSSR count). The molecule has 4 nitrogen and oxygen atoms in total. The van der Waals surface area contributed by atoms with Crippen LogP contribution >= 0.6 is 11.6 Å². The first-order valence-electron chi connectivity index (χ1n) is 7.77. The van der Waals surface area contributed by atoms with Crippen LogP contribution in [-0.2, 0) is 6.54 Å². The van der Waals surface area contributed by atoms with Crippen molar-refractivity contribution < 1.29 is 9.53 Å². The van der Waals surface area contributed by atoms with Crippen LogP contribution in [0.15, 0.2) is 72.8 Å². The molecule has 0 heterocycles. The Morgan fingerprint density at radius 3 is 2.48 bits per heavy atom. The molecule has 0 saturated heterocycles. The predicted octanol–water partition coefficient (Wildman–Crippen LogP) is 4.84. The molecule has 0 fully saturated rings. The zero-order valence-corrected chi connectivity index (χ0v) is 14.2. The van der Waals surface area contributed by atoms with Crippen LogP contribution in [0.5, 0.6) is 11.5 Å². The second kappa shape index (κ2) is 7.73. The van der Waals surface area contributed by atoms with Crippen LogP contribution in [-0.4, -0.2) is 5.91 Å². The minimum atomic E-state index is -0.522. The number of carbonyl (C=O) groups is 1. The maximum atomic E-state index is 11.5. The fourth-order valence-corrected chi connectivity index (χ4v) is 2.59. The van der Waals surface area contributed by atoms with E-state index in [2.05, 4.69) is 5.32 Å². The van der Waals surface area contributed by atoms with Crippen LogP contribution in [0.3, 0.4) is 0 Å². The van der Waals surface area contributed by atoms with Gasteiger partial charge in [-0.25, -0.2) is 0 Å². The van der Waals surface area contributed by atoms with Gasteiger partial charge in [-0.05, 0) is 48.0 Å². The van der Waals surface area contributed by atoms with Gasteiger partial charge in [0.25, 0.3) is 5.91 Å². The van der Waals surface area contributed by atoms with Crippen molar-refractivity contribution in [1.29, 1.82) is 0 Å². The van der Waals surface area contributed by atoms with Gasteiger partial charge in [-0.2, -0.15) is 0 Å². The summed E-state index contributed by atoms with van der Waals surface area (Å²) in [5, 5.41) is 3.68. The van der Waals surface area contributed by atoms with E-state index in [0.29, 0.717) is 22.8 Å². The summed E-state index contributed by atoms with van der Waals surface area (Å²) < 4.78 is 5.83. The summed E-state index contributed by atoms with van der Waals surface area (Å²) >= 11 is 5.92. The standard InChI is InChI=1S/C20H17ClN2O2/c21-15-9-10-19(18(12-15)20(22)24)23-13-14-5-4-8-17(11-14)25-16-6-2-1-3-7-16/h1-12,23H,13H2,(H2,22,24). The SMILES string of the molecule is NC(=O)c1cc(Cl)ccc1NCc1cccc(Oc2ccccc2)c1. The van der Waals surface area contributed by atoms with E-state index in [4.69, 9.17) is 22.1 Å². The van der Waals surface area contributed by atoms with E-state index in [9.17, 15) is 4.79 Å². The molecule has 0 aromatic heterocycles. The van der Waals surface area contributed by atoms with Gasteiger partial charge in [0.1, 0.15) is 11.5 Å². The minimum absolute atomic E-state index is 0.365. The molecule has 0 atom stereocenters. The number of nitrogens with two attached hydrogens (primary N) is 1. The number of rotatable bonds is 6. The molecule has 0 aliphatic rings. The van der Waals surface area contributed by atoms with Gasteiger partial charge < -0.3 is 15.8 Å². The lowest BCUT2D eigenvalue weighted by Gasteiger charge is -2.12. The Bertz CT molecular complexity index is 882. The maximum Gasteiger partial charge on any atom is 0.250 e.